The number of hydrogen-bond donors (Lipinski definition) is 1. The number of anilines is 1. The number of nitriles is 1. The molecular formula is C12H14F3N3. The van der Waals surface area contributed by atoms with E-state index in [0.717, 1.165) is 12.1 Å². The molecule has 1 aromatic rings. The topological polar surface area (TPSA) is 48.7 Å². The van der Waals surface area contributed by atoms with Crippen molar-refractivity contribution >= 4 is 5.82 Å². The Hall–Kier alpha value is -1.77. The smallest absolute Gasteiger partial charge is 0.364 e. The van der Waals surface area contributed by atoms with Crippen LogP contribution in [-0.4, -0.2) is 10.5 Å². The summed E-state index contributed by atoms with van der Waals surface area (Å²) >= 11 is 0. The van der Waals surface area contributed by atoms with Crippen molar-refractivity contribution in [2.75, 3.05) is 5.32 Å². The molecule has 0 aliphatic heterocycles. The van der Waals surface area contributed by atoms with Gasteiger partial charge in [0, 0.05) is 5.54 Å². The van der Waals surface area contributed by atoms with Crippen LogP contribution in [-0.2, 0) is 6.18 Å². The Bertz CT molecular complexity index is 472. The summed E-state index contributed by atoms with van der Waals surface area (Å²) in [5.41, 5.74) is -1.33. The zero-order valence-corrected chi connectivity index (χ0v) is 10.4. The second kappa shape index (κ2) is 4.84. The molecule has 0 saturated carbocycles. The van der Waals surface area contributed by atoms with Crippen molar-refractivity contribution in [3.8, 4) is 6.07 Å². The third kappa shape index (κ3) is 3.36. The minimum atomic E-state index is -4.51. The van der Waals surface area contributed by atoms with Crippen LogP contribution in [0.25, 0.3) is 0 Å². The molecule has 1 N–H and O–H groups in total. The number of rotatable bonds is 3. The third-order valence-corrected chi connectivity index (χ3v) is 2.65. The van der Waals surface area contributed by atoms with Crippen LogP contribution in [0.4, 0.5) is 19.0 Å². The first-order valence-electron chi connectivity index (χ1n) is 5.46. The van der Waals surface area contributed by atoms with Gasteiger partial charge in [-0.05, 0) is 32.4 Å². The van der Waals surface area contributed by atoms with Crippen LogP contribution in [0.2, 0.25) is 0 Å². The van der Waals surface area contributed by atoms with Gasteiger partial charge in [0.1, 0.15) is 17.6 Å². The Morgan fingerprint density at radius 3 is 2.39 bits per heavy atom. The number of pyridine rings is 1. The fourth-order valence-electron chi connectivity index (χ4n) is 1.21. The van der Waals surface area contributed by atoms with Crippen molar-refractivity contribution in [1.29, 1.82) is 5.26 Å². The van der Waals surface area contributed by atoms with Gasteiger partial charge in [-0.2, -0.15) is 18.4 Å². The molecule has 0 unspecified atom stereocenters. The van der Waals surface area contributed by atoms with E-state index in [0.29, 0.717) is 6.42 Å². The van der Waals surface area contributed by atoms with E-state index in [-0.39, 0.29) is 11.4 Å². The van der Waals surface area contributed by atoms with Crippen LogP contribution in [0.5, 0.6) is 0 Å². The van der Waals surface area contributed by atoms with Crippen LogP contribution < -0.4 is 5.32 Å². The Labute approximate surface area is 104 Å². The zero-order chi connectivity index (χ0) is 14.0. The van der Waals surface area contributed by atoms with Gasteiger partial charge >= 0.3 is 6.18 Å². The largest absolute Gasteiger partial charge is 0.433 e. The molecule has 1 rings (SSSR count). The molecule has 1 aromatic heterocycles. The molecule has 0 aliphatic rings. The maximum Gasteiger partial charge on any atom is 0.433 e. The van der Waals surface area contributed by atoms with Gasteiger partial charge in [-0.15, -0.1) is 0 Å². The van der Waals surface area contributed by atoms with E-state index in [9.17, 15) is 13.2 Å². The number of nitrogens with zero attached hydrogens (tertiary/aromatic N) is 2. The maximum atomic E-state index is 12.5. The molecule has 0 aliphatic carbocycles. The molecule has 0 bridgehead atoms. The van der Waals surface area contributed by atoms with Crippen LogP contribution in [0.15, 0.2) is 12.1 Å². The molecule has 0 radical (unpaired) electrons. The highest BCUT2D eigenvalue weighted by atomic mass is 19.4. The molecule has 0 saturated heterocycles. The molecule has 0 fully saturated rings. The highest BCUT2D eigenvalue weighted by Crippen LogP contribution is 2.30. The number of alkyl halides is 3. The monoisotopic (exact) mass is 257 g/mol. The van der Waals surface area contributed by atoms with Gasteiger partial charge in [-0.25, -0.2) is 4.98 Å². The lowest BCUT2D eigenvalue weighted by atomic mass is 10.0. The van der Waals surface area contributed by atoms with Crippen molar-refractivity contribution < 1.29 is 13.2 Å². The lowest BCUT2D eigenvalue weighted by molar-refractivity contribution is -0.141. The second-order valence-corrected chi connectivity index (χ2v) is 4.56. The standard InChI is InChI=1S/C12H14F3N3/c1-4-11(2,3)18-10-8(7-16)5-6-9(17-10)12(13,14)15/h5-6H,4H2,1-3H3,(H,17,18). The summed E-state index contributed by atoms with van der Waals surface area (Å²) in [7, 11) is 0. The Morgan fingerprint density at radius 2 is 1.94 bits per heavy atom. The molecular weight excluding hydrogens is 243 g/mol. The van der Waals surface area contributed by atoms with Crippen molar-refractivity contribution in [2.24, 2.45) is 0 Å². The SMILES string of the molecule is CCC(C)(C)Nc1nc(C(F)(F)F)ccc1C#N. The summed E-state index contributed by atoms with van der Waals surface area (Å²) in [5.74, 6) is -0.0285. The van der Waals surface area contributed by atoms with E-state index in [1.165, 1.54) is 0 Å². The lowest BCUT2D eigenvalue weighted by Crippen LogP contribution is -2.31. The first-order chi connectivity index (χ1) is 8.19. The highest BCUT2D eigenvalue weighted by molar-refractivity contribution is 5.53. The highest BCUT2D eigenvalue weighted by Gasteiger charge is 2.33. The van der Waals surface area contributed by atoms with Gasteiger partial charge in [-0.1, -0.05) is 6.92 Å². The van der Waals surface area contributed by atoms with E-state index < -0.39 is 17.4 Å². The van der Waals surface area contributed by atoms with E-state index in [4.69, 9.17) is 5.26 Å². The fraction of sp³-hybridized carbons (Fsp3) is 0.500. The van der Waals surface area contributed by atoms with E-state index in [2.05, 4.69) is 10.3 Å². The first-order valence-corrected chi connectivity index (χ1v) is 5.46. The van der Waals surface area contributed by atoms with Crippen molar-refractivity contribution in [2.45, 2.75) is 38.9 Å². The molecule has 98 valence electrons. The molecule has 0 atom stereocenters. The fourth-order valence-corrected chi connectivity index (χ4v) is 1.21. The number of halogens is 3. The number of aromatic nitrogens is 1. The first kappa shape index (κ1) is 14.3. The van der Waals surface area contributed by atoms with E-state index in [1.54, 1.807) is 0 Å². The normalized spacial score (nSPS) is 12.1. The van der Waals surface area contributed by atoms with Gasteiger partial charge in [0.25, 0.3) is 0 Å². The summed E-state index contributed by atoms with van der Waals surface area (Å²) in [5, 5.41) is 11.7. The molecule has 3 nitrogen and oxygen atoms in total. The average Bonchev–Trinajstić information content (AvgIpc) is 2.27. The predicted molar refractivity (Wildman–Crippen MR) is 61.9 cm³/mol. The van der Waals surface area contributed by atoms with Gasteiger partial charge in [0.05, 0.1) is 5.56 Å². The summed E-state index contributed by atoms with van der Waals surface area (Å²) in [6.07, 6.45) is -3.82. The minimum absolute atomic E-state index is 0.0285. The average molecular weight is 257 g/mol. The predicted octanol–water partition coefficient (Wildman–Crippen LogP) is 3.57. The van der Waals surface area contributed by atoms with E-state index >= 15 is 0 Å². The molecule has 6 heteroatoms. The number of hydrogen-bond acceptors (Lipinski definition) is 3. The van der Waals surface area contributed by atoms with Crippen molar-refractivity contribution in [3.05, 3.63) is 23.4 Å². The molecule has 1 heterocycles. The van der Waals surface area contributed by atoms with Crippen LogP contribution in [0.3, 0.4) is 0 Å². The summed E-state index contributed by atoms with van der Waals surface area (Å²) < 4.78 is 37.6. The number of nitrogens with one attached hydrogen (secondary N) is 1. The summed E-state index contributed by atoms with van der Waals surface area (Å²) in [6, 6.07) is 3.77. The Kier molecular flexibility index (Phi) is 3.85. The van der Waals surface area contributed by atoms with Crippen LogP contribution in [0, 0.1) is 11.3 Å². The van der Waals surface area contributed by atoms with Gasteiger partial charge < -0.3 is 5.32 Å². The summed E-state index contributed by atoms with van der Waals surface area (Å²) in [4.78, 5) is 3.49. The molecule has 0 amide bonds. The zero-order valence-electron chi connectivity index (χ0n) is 10.4. The van der Waals surface area contributed by atoms with Crippen molar-refractivity contribution in [1.82, 2.24) is 4.98 Å². The van der Waals surface area contributed by atoms with Crippen LogP contribution in [0.1, 0.15) is 38.4 Å². The van der Waals surface area contributed by atoms with Crippen LogP contribution >= 0.6 is 0 Å². The molecule has 0 aromatic carbocycles. The Morgan fingerprint density at radius 1 is 1.33 bits per heavy atom. The maximum absolute atomic E-state index is 12.5. The van der Waals surface area contributed by atoms with Gasteiger partial charge in [0.2, 0.25) is 0 Å². The minimum Gasteiger partial charge on any atom is -0.364 e. The second-order valence-electron chi connectivity index (χ2n) is 4.56. The van der Waals surface area contributed by atoms with Gasteiger partial charge in [0.15, 0.2) is 0 Å². The Balaban J connectivity index is 3.20. The molecule has 18 heavy (non-hydrogen) atoms. The van der Waals surface area contributed by atoms with E-state index in [1.807, 2.05) is 26.8 Å². The lowest BCUT2D eigenvalue weighted by Gasteiger charge is -2.26. The quantitative estimate of drug-likeness (QED) is 0.900. The molecule has 0 spiro atoms. The van der Waals surface area contributed by atoms with Crippen molar-refractivity contribution in [3.63, 3.8) is 0 Å². The summed E-state index contributed by atoms with van der Waals surface area (Å²) in [6.45, 7) is 5.55. The van der Waals surface area contributed by atoms with Gasteiger partial charge in [-0.3, -0.25) is 0 Å². The third-order valence-electron chi connectivity index (χ3n) is 2.65.